The zero-order chi connectivity index (χ0) is 16.2. The van der Waals surface area contributed by atoms with Crippen LogP contribution < -0.4 is 5.32 Å². The number of nitrogens with zero attached hydrogens (tertiary/aromatic N) is 2. The number of carbonyl (C=O) groups excluding carboxylic acids is 1. The Balaban J connectivity index is 1.87. The number of non-ortho nitro benzene ring substituents is 1. The van der Waals surface area contributed by atoms with E-state index in [-0.39, 0.29) is 11.3 Å². The number of aromatic nitrogens is 1. The van der Waals surface area contributed by atoms with Crippen LogP contribution in [0.3, 0.4) is 0 Å². The van der Waals surface area contributed by atoms with Crippen LogP contribution in [0, 0.1) is 10.1 Å². The molecule has 0 fully saturated rings. The van der Waals surface area contributed by atoms with Gasteiger partial charge in [-0.3, -0.25) is 14.9 Å². The highest BCUT2D eigenvalue weighted by Crippen LogP contribution is 2.23. The summed E-state index contributed by atoms with van der Waals surface area (Å²) in [5.74, 6) is -0.453. The molecule has 0 unspecified atom stereocenters. The minimum Gasteiger partial charge on any atom is -0.363 e. The fourth-order valence-corrected chi connectivity index (χ4v) is 2.10. The van der Waals surface area contributed by atoms with Crippen molar-refractivity contribution >= 4 is 17.3 Å². The summed E-state index contributed by atoms with van der Waals surface area (Å²) in [6, 6.07) is 14.8. The van der Waals surface area contributed by atoms with Crippen molar-refractivity contribution in [3.8, 4) is 11.3 Å². The van der Waals surface area contributed by atoms with E-state index in [4.69, 9.17) is 4.52 Å². The van der Waals surface area contributed by atoms with Crippen molar-refractivity contribution in [2.45, 2.75) is 0 Å². The summed E-state index contributed by atoms with van der Waals surface area (Å²) in [4.78, 5) is 22.6. The summed E-state index contributed by atoms with van der Waals surface area (Å²) in [5, 5.41) is 17.2. The maximum Gasteiger partial charge on any atom is 0.271 e. The third-order valence-electron chi connectivity index (χ3n) is 3.18. The maximum atomic E-state index is 12.4. The van der Waals surface area contributed by atoms with Gasteiger partial charge in [0.05, 0.1) is 4.92 Å². The molecular weight excluding hydrogens is 298 g/mol. The van der Waals surface area contributed by atoms with E-state index in [1.54, 1.807) is 6.07 Å². The number of carbonyl (C=O) groups is 1. The Bertz CT molecular complexity index is 859. The van der Waals surface area contributed by atoms with Gasteiger partial charge in [0, 0.05) is 23.4 Å². The van der Waals surface area contributed by atoms with Crippen LogP contribution in [0.5, 0.6) is 0 Å². The van der Waals surface area contributed by atoms with Crippen LogP contribution >= 0.6 is 0 Å². The lowest BCUT2D eigenvalue weighted by molar-refractivity contribution is -0.384. The second-order valence-corrected chi connectivity index (χ2v) is 4.70. The summed E-state index contributed by atoms with van der Waals surface area (Å²) >= 11 is 0. The third kappa shape index (κ3) is 3.08. The van der Waals surface area contributed by atoms with Crippen molar-refractivity contribution in [1.82, 2.24) is 5.16 Å². The fourth-order valence-electron chi connectivity index (χ4n) is 2.10. The molecule has 1 heterocycles. The number of benzene rings is 2. The van der Waals surface area contributed by atoms with Gasteiger partial charge in [0.2, 0.25) is 0 Å². The fraction of sp³-hybridized carbons (Fsp3) is 0. The van der Waals surface area contributed by atoms with Crippen LogP contribution in [0.1, 0.15) is 10.4 Å². The van der Waals surface area contributed by atoms with E-state index in [1.807, 2.05) is 30.3 Å². The smallest absolute Gasteiger partial charge is 0.271 e. The minimum absolute atomic E-state index is 0.101. The van der Waals surface area contributed by atoms with Gasteiger partial charge in [-0.05, 0) is 6.07 Å². The van der Waals surface area contributed by atoms with Gasteiger partial charge in [-0.15, -0.1) is 0 Å². The van der Waals surface area contributed by atoms with E-state index in [0.717, 1.165) is 5.56 Å². The minimum atomic E-state index is -0.523. The lowest BCUT2D eigenvalue weighted by Crippen LogP contribution is -2.12. The average Bonchev–Trinajstić information content (AvgIpc) is 3.05. The molecule has 0 radical (unpaired) electrons. The molecule has 7 heteroatoms. The number of hydrogen-bond donors (Lipinski definition) is 1. The van der Waals surface area contributed by atoms with E-state index in [0.29, 0.717) is 11.4 Å². The first-order valence-corrected chi connectivity index (χ1v) is 6.71. The largest absolute Gasteiger partial charge is 0.363 e. The normalized spacial score (nSPS) is 10.3. The second-order valence-electron chi connectivity index (χ2n) is 4.70. The first kappa shape index (κ1) is 14.5. The third-order valence-corrected chi connectivity index (χ3v) is 3.18. The Morgan fingerprint density at radius 3 is 2.65 bits per heavy atom. The molecule has 0 atom stereocenters. The Labute approximate surface area is 130 Å². The average molecular weight is 309 g/mol. The van der Waals surface area contributed by atoms with Crippen molar-refractivity contribution in [3.63, 3.8) is 0 Å². The molecule has 0 bridgehead atoms. The highest BCUT2D eigenvalue weighted by Gasteiger charge is 2.18. The predicted octanol–water partition coefficient (Wildman–Crippen LogP) is 3.50. The molecule has 2 aromatic carbocycles. The van der Waals surface area contributed by atoms with E-state index in [9.17, 15) is 14.9 Å². The molecule has 1 aromatic heterocycles. The zero-order valence-corrected chi connectivity index (χ0v) is 11.8. The number of nitrogens with one attached hydrogen (secondary N) is 1. The molecular formula is C16H11N3O4. The van der Waals surface area contributed by atoms with Crippen molar-refractivity contribution < 1.29 is 14.2 Å². The predicted molar refractivity (Wildman–Crippen MR) is 83.0 cm³/mol. The molecule has 7 nitrogen and oxygen atoms in total. The van der Waals surface area contributed by atoms with Crippen LogP contribution in [0.25, 0.3) is 11.3 Å². The summed E-state index contributed by atoms with van der Waals surface area (Å²) < 4.78 is 4.90. The number of anilines is 1. The van der Waals surface area contributed by atoms with Crippen molar-refractivity contribution in [2.75, 3.05) is 5.32 Å². The Hall–Kier alpha value is -3.48. The summed E-state index contributed by atoms with van der Waals surface area (Å²) in [7, 11) is 0. The van der Waals surface area contributed by atoms with E-state index < -0.39 is 10.8 Å². The Morgan fingerprint density at radius 1 is 1.13 bits per heavy atom. The van der Waals surface area contributed by atoms with Crippen LogP contribution in [-0.2, 0) is 0 Å². The van der Waals surface area contributed by atoms with Gasteiger partial charge in [-0.2, -0.15) is 0 Å². The first-order valence-electron chi connectivity index (χ1n) is 6.71. The molecule has 23 heavy (non-hydrogen) atoms. The van der Waals surface area contributed by atoms with Crippen LogP contribution in [0.4, 0.5) is 11.4 Å². The van der Waals surface area contributed by atoms with Gasteiger partial charge in [-0.25, -0.2) is 0 Å². The lowest BCUT2D eigenvalue weighted by Gasteiger charge is -2.04. The highest BCUT2D eigenvalue weighted by molar-refractivity contribution is 6.07. The molecule has 0 spiro atoms. The number of hydrogen-bond acceptors (Lipinski definition) is 5. The number of nitro groups is 1. The quantitative estimate of drug-likeness (QED) is 0.587. The summed E-state index contributed by atoms with van der Waals surface area (Å²) in [6.07, 6.45) is 1.25. The standard InChI is InChI=1S/C16H11N3O4/c20-16(17-12-7-4-8-13(9-12)19(21)22)14-10-23-18-15(14)11-5-2-1-3-6-11/h1-10H,(H,17,20). The van der Waals surface area contributed by atoms with Crippen molar-refractivity contribution in [1.29, 1.82) is 0 Å². The first-order chi connectivity index (χ1) is 11.1. The molecule has 0 aliphatic carbocycles. The molecule has 114 valence electrons. The van der Waals surface area contributed by atoms with Gasteiger partial charge in [0.25, 0.3) is 11.6 Å². The molecule has 1 N–H and O–H groups in total. The lowest BCUT2D eigenvalue weighted by atomic mass is 10.1. The highest BCUT2D eigenvalue weighted by atomic mass is 16.6. The zero-order valence-electron chi connectivity index (χ0n) is 11.8. The molecule has 3 aromatic rings. The molecule has 0 aliphatic rings. The molecule has 3 rings (SSSR count). The monoisotopic (exact) mass is 309 g/mol. The maximum absolute atomic E-state index is 12.4. The van der Waals surface area contributed by atoms with E-state index >= 15 is 0 Å². The van der Waals surface area contributed by atoms with Crippen LogP contribution in [-0.4, -0.2) is 16.0 Å². The number of rotatable bonds is 4. The van der Waals surface area contributed by atoms with Gasteiger partial charge in [0.15, 0.2) is 0 Å². The number of amides is 1. The summed E-state index contributed by atoms with van der Waals surface area (Å²) in [5.41, 5.74) is 1.63. The molecule has 1 amide bonds. The molecule has 0 saturated carbocycles. The Morgan fingerprint density at radius 2 is 1.91 bits per heavy atom. The van der Waals surface area contributed by atoms with Gasteiger partial charge in [0.1, 0.15) is 17.5 Å². The van der Waals surface area contributed by atoms with Gasteiger partial charge >= 0.3 is 0 Å². The van der Waals surface area contributed by atoms with E-state index in [1.165, 1.54) is 24.5 Å². The molecule has 0 saturated heterocycles. The van der Waals surface area contributed by atoms with Crippen LogP contribution in [0.2, 0.25) is 0 Å². The van der Waals surface area contributed by atoms with Crippen LogP contribution in [0.15, 0.2) is 65.4 Å². The van der Waals surface area contributed by atoms with Crippen molar-refractivity contribution in [2.24, 2.45) is 0 Å². The topological polar surface area (TPSA) is 98.3 Å². The molecule has 0 aliphatic heterocycles. The SMILES string of the molecule is O=C(Nc1cccc([N+](=O)[O-])c1)c1conc1-c1ccccc1. The summed E-state index contributed by atoms with van der Waals surface area (Å²) in [6.45, 7) is 0. The number of nitro benzene ring substituents is 1. The Kier molecular flexibility index (Phi) is 3.84. The van der Waals surface area contributed by atoms with E-state index in [2.05, 4.69) is 10.5 Å². The van der Waals surface area contributed by atoms with Gasteiger partial charge in [-0.1, -0.05) is 41.6 Å². The van der Waals surface area contributed by atoms with Gasteiger partial charge < -0.3 is 9.84 Å². The van der Waals surface area contributed by atoms with Crippen molar-refractivity contribution in [3.05, 3.63) is 76.5 Å². The second kappa shape index (κ2) is 6.10.